The van der Waals surface area contributed by atoms with Gasteiger partial charge in [0, 0.05) is 0 Å². The van der Waals surface area contributed by atoms with E-state index >= 15 is 0 Å². The van der Waals surface area contributed by atoms with Gasteiger partial charge < -0.3 is 9.47 Å². The molecule has 0 aromatic heterocycles. The van der Waals surface area contributed by atoms with E-state index in [1.54, 1.807) is 6.92 Å². The molecular weight excluding hydrogens is 252 g/mol. The predicted molar refractivity (Wildman–Crippen MR) is 79.6 cm³/mol. The third-order valence-corrected chi connectivity index (χ3v) is 3.11. The van der Waals surface area contributed by atoms with Crippen LogP contribution in [0.2, 0.25) is 0 Å². The molecular formula is C17H22O3. The van der Waals surface area contributed by atoms with Crippen molar-refractivity contribution in [2.24, 2.45) is 0 Å². The molecule has 1 aromatic carbocycles. The molecule has 1 rings (SSSR count). The first-order valence-electron chi connectivity index (χ1n) is 6.86. The quantitative estimate of drug-likeness (QED) is 0.588. The van der Waals surface area contributed by atoms with Gasteiger partial charge in [-0.2, -0.15) is 0 Å². The summed E-state index contributed by atoms with van der Waals surface area (Å²) in [5.74, 6) is 6.36. The monoisotopic (exact) mass is 274 g/mol. The predicted octanol–water partition coefficient (Wildman–Crippen LogP) is 3.53. The number of benzene rings is 1. The Morgan fingerprint density at radius 2 is 1.95 bits per heavy atom. The van der Waals surface area contributed by atoms with E-state index in [2.05, 4.69) is 18.8 Å². The molecule has 0 heterocycles. The molecule has 3 nitrogen and oxygen atoms in total. The van der Waals surface area contributed by atoms with Crippen LogP contribution in [0.3, 0.4) is 0 Å². The number of methoxy groups -OCH3 is 1. The van der Waals surface area contributed by atoms with Gasteiger partial charge in [-0.1, -0.05) is 25.0 Å². The van der Waals surface area contributed by atoms with Crippen LogP contribution < -0.4 is 4.74 Å². The Labute approximate surface area is 121 Å². The van der Waals surface area contributed by atoms with Crippen LogP contribution in [0.5, 0.6) is 5.75 Å². The Morgan fingerprint density at radius 3 is 2.45 bits per heavy atom. The van der Waals surface area contributed by atoms with E-state index in [0.29, 0.717) is 0 Å². The molecule has 0 aliphatic carbocycles. The normalized spacial score (nSPS) is 12.8. The maximum Gasteiger partial charge on any atom is 0.307 e. The lowest BCUT2D eigenvalue weighted by atomic mass is 9.96. The van der Waals surface area contributed by atoms with Crippen molar-refractivity contribution in [3.05, 3.63) is 29.8 Å². The highest BCUT2D eigenvalue weighted by molar-refractivity contribution is 5.71. The van der Waals surface area contributed by atoms with Crippen LogP contribution in [-0.4, -0.2) is 19.2 Å². The lowest BCUT2D eigenvalue weighted by molar-refractivity contribution is -0.140. The number of ether oxygens (including phenoxy) is 2. The van der Waals surface area contributed by atoms with E-state index in [1.165, 1.54) is 7.11 Å². The molecule has 0 amide bonds. The maximum absolute atomic E-state index is 11.4. The molecule has 0 aliphatic rings. The summed E-state index contributed by atoms with van der Waals surface area (Å²) in [5.41, 5.74) is 1.00. The van der Waals surface area contributed by atoms with Crippen LogP contribution in [0.25, 0.3) is 0 Å². The molecule has 1 aromatic rings. The number of carbonyl (C=O) groups is 1. The second-order valence-electron chi connectivity index (χ2n) is 4.63. The number of rotatable bonds is 6. The zero-order chi connectivity index (χ0) is 15.0. The van der Waals surface area contributed by atoms with Gasteiger partial charge in [0.15, 0.2) is 0 Å². The third kappa shape index (κ3) is 4.97. The smallest absolute Gasteiger partial charge is 0.307 e. The van der Waals surface area contributed by atoms with Crippen molar-refractivity contribution < 1.29 is 14.3 Å². The molecule has 0 saturated heterocycles. The van der Waals surface area contributed by atoms with Gasteiger partial charge >= 0.3 is 5.97 Å². The highest BCUT2D eigenvalue weighted by Gasteiger charge is 2.14. The SMILES string of the molecule is CC#C[C@@H](CC(=O)OC)c1ccc(O[C@@H](C)CC)cc1. The lowest BCUT2D eigenvalue weighted by Gasteiger charge is -2.14. The van der Waals surface area contributed by atoms with E-state index in [9.17, 15) is 4.79 Å². The molecule has 0 fully saturated rings. The zero-order valence-corrected chi connectivity index (χ0v) is 12.6. The summed E-state index contributed by atoms with van der Waals surface area (Å²) in [5, 5.41) is 0. The van der Waals surface area contributed by atoms with Crippen molar-refractivity contribution in [2.75, 3.05) is 7.11 Å². The topological polar surface area (TPSA) is 35.5 Å². The van der Waals surface area contributed by atoms with Gasteiger partial charge in [0.1, 0.15) is 5.75 Å². The highest BCUT2D eigenvalue weighted by atomic mass is 16.5. The fourth-order valence-corrected chi connectivity index (χ4v) is 1.77. The van der Waals surface area contributed by atoms with Crippen molar-refractivity contribution in [3.63, 3.8) is 0 Å². The number of hydrogen-bond acceptors (Lipinski definition) is 3. The summed E-state index contributed by atoms with van der Waals surface area (Å²) in [6, 6.07) is 7.75. The minimum absolute atomic E-state index is 0.134. The molecule has 0 radical (unpaired) electrons. The third-order valence-electron chi connectivity index (χ3n) is 3.11. The molecule has 0 unspecified atom stereocenters. The molecule has 3 heteroatoms. The van der Waals surface area contributed by atoms with Gasteiger partial charge in [-0.15, -0.1) is 5.92 Å². The van der Waals surface area contributed by atoms with Gasteiger partial charge in [0.05, 0.1) is 25.6 Å². The number of esters is 1. The number of carbonyl (C=O) groups excluding carboxylic acids is 1. The minimum atomic E-state index is -0.252. The van der Waals surface area contributed by atoms with Crippen LogP contribution in [0.1, 0.15) is 45.1 Å². The van der Waals surface area contributed by atoms with Gasteiger partial charge in [-0.3, -0.25) is 4.79 Å². The summed E-state index contributed by atoms with van der Waals surface area (Å²) in [6.45, 7) is 5.89. The van der Waals surface area contributed by atoms with Crippen molar-refractivity contribution in [1.29, 1.82) is 0 Å². The molecule has 0 N–H and O–H groups in total. The fourth-order valence-electron chi connectivity index (χ4n) is 1.77. The Morgan fingerprint density at radius 1 is 1.30 bits per heavy atom. The summed E-state index contributed by atoms with van der Waals surface area (Å²) in [6.07, 6.45) is 1.43. The number of hydrogen-bond donors (Lipinski definition) is 0. The van der Waals surface area contributed by atoms with E-state index in [1.807, 2.05) is 31.2 Å². The Balaban J connectivity index is 2.81. The van der Waals surface area contributed by atoms with E-state index in [4.69, 9.17) is 9.47 Å². The first-order valence-corrected chi connectivity index (χ1v) is 6.86. The summed E-state index contributed by atoms with van der Waals surface area (Å²) in [7, 11) is 1.39. The molecule has 0 saturated carbocycles. The largest absolute Gasteiger partial charge is 0.491 e. The zero-order valence-electron chi connectivity index (χ0n) is 12.6. The van der Waals surface area contributed by atoms with Crippen LogP contribution in [0.15, 0.2) is 24.3 Å². The van der Waals surface area contributed by atoms with Crippen LogP contribution >= 0.6 is 0 Å². The molecule has 0 spiro atoms. The van der Waals surface area contributed by atoms with Crippen molar-refractivity contribution in [2.45, 2.75) is 45.6 Å². The fraction of sp³-hybridized carbons (Fsp3) is 0.471. The van der Waals surface area contributed by atoms with Crippen LogP contribution in [0.4, 0.5) is 0 Å². The van der Waals surface area contributed by atoms with E-state index in [0.717, 1.165) is 17.7 Å². The molecule has 2 atom stereocenters. The van der Waals surface area contributed by atoms with Gasteiger partial charge in [-0.25, -0.2) is 0 Å². The molecule has 0 bridgehead atoms. The minimum Gasteiger partial charge on any atom is -0.491 e. The first kappa shape index (κ1) is 16.1. The second kappa shape index (κ2) is 8.27. The lowest BCUT2D eigenvalue weighted by Crippen LogP contribution is -2.10. The second-order valence-corrected chi connectivity index (χ2v) is 4.63. The Bertz CT molecular complexity index is 479. The average Bonchev–Trinajstić information content (AvgIpc) is 2.47. The van der Waals surface area contributed by atoms with Crippen LogP contribution in [0, 0.1) is 11.8 Å². The van der Waals surface area contributed by atoms with Crippen molar-refractivity contribution in [3.8, 4) is 17.6 Å². The first-order chi connectivity index (χ1) is 9.60. The van der Waals surface area contributed by atoms with Gasteiger partial charge in [0.25, 0.3) is 0 Å². The average molecular weight is 274 g/mol. The summed E-state index contributed by atoms with van der Waals surface area (Å²) in [4.78, 5) is 11.4. The molecule has 20 heavy (non-hydrogen) atoms. The summed E-state index contributed by atoms with van der Waals surface area (Å²) >= 11 is 0. The Hall–Kier alpha value is -1.95. The Kier molecular flexibility index (Phi) is 6.66. The maximum atomic E-state index is 11.4. The summed E-state index contributed by atoms with van der Waals surface area (Å²) < 4.78 is 10.4. The van der Waals surface area contributed by atoms with Crippen LogP contribution in [-0.2, 0) is 9.53 Å². The van der Waals surface area contributed by atoms with Gasteiger partial charge in [0.2, 0.25) is 0 Å². The molecule has 108 valence electrons. The van der Waals surface area contributed by atoms with E-state index < -0.39 is 0 Å². The highest BCUT2D eigenvalue weighted by Crippen LogP contribution is 2.23. The van der Waals surface area contributed by atoms with Gasteiger partial charge in [-0.05, 0) is 38.0 Å². The molecule has 0 aliphatic heterocycles. The van der Waals surface area contributed by atoms with Crippen molar-refractivity contribution >= 4 is 5.97 Å². The van der Waals surface area contributed by atoms with Crippen molar-refractivity contribution in [1.82, 2.24) is 0 Å². The van der Waals surface area contributed by atoms with E-state index in [-0.39, 0.29) is 24.4 Å². The standard InChI is InChI=1S/C17H22O3/c1-5-7-15(12-17(18)19-4)14-8-10-16(11-9-14)20-13(3)6-2/h8-11,13,15H,6,12H2,1-4H3/t13-,15-/m0/s1.